The van der Waals surface area contributed by atoms with Gasteiger partial charge < -0.3 is 14.8 Å². The first kappa shape index (κ1) is 18.8. The molecule has 1 N–H and O–H groups in total. The van der Waals surface area contributed by atoms with Crippen LogP contribution in [0.3, 0.4) is 0 Å². The summed E-state index contributed by atoms with van der Waals surface area (Å²) in [6.07, 6.45) is 2.75. The maximum Gasteiger partial charge on any atom is 0.251 e. The fourth-order valence-corrected chi connectivity index (χ4v) is 2.55. The molecule has 25 heavy (non-hydrogen) atoms. The van der Waals surface area contributed by atoms with Gasteiger partial charge in [0, 0.05) is 11.6 Å². The van der Waals surface area contributed by atoms with Crippen LogP contribution in [0.15, 0.2) is 48.5 Å². The molecule has 0 radical (unpaired) electrons. The molecule has 1 atom stereocenters. The van der Waals surface area contributed by atoms with E-state index in [1.165, 1.54) is 5.56 Å². The van der Waals surface area contributed by atoms with Crippen molar-refractivity contribution in [2.24, 2.45) is 0 Å². The Morgan fingerprint density at radius 3 is 2.56 bits per heavy atom. The van der Waals surface area contributed by atoms with Gasteiger partial charge in [-0.25, -0.2) is 0 Å². The predicted molar refractivity (Wildman–Crippen MR) is 100 cm³/mol. The first-order valence-electron chi connectivity index (χ1n) is 8.79. The first-order chi connectivity index (χ1) is 12.1. The smallest absolute Gasteiger partial charge is 0.251 e. The average Bonchev–Trinajstić information content (AvgIpc) is 2.65. The second-order valence-electron chi connectivity index (χ2n) is 6.11. The summed E-state index contributed by atoms with van der Waals surface area (Å²) in [7, 11) is 1.58. The maximum atomic E-state index is 12.5. The second kappa shape index (κ2) is 9.72. The summed E-state index contributed by atoms with van der Waals surface area (Å²) >= 11 is 0. The van der Waals surface area contributed by atoms with Crippen LogP contribution in [0.1, 0.15) is 42.6 Å². The molecule has 134 valence electrons. The molecule has 0 aliphatic rings. The zero-order valence-electron chi connectivity index (χ0n) is 15.2. The zero-order valence-corrected chi connectivity index (χ0v) is 15.2. The van der Waals surface area contributed by atoms with Gasteiger partial charge in [-0.3, -0.25) is 4.79 Å². The van der Waals surface area contributed by atoms with Crippen LogP contribution < -0.4 is 14.8 Å². The van der Waals surface area contributed by atoms with Gasteiger partial charge in [0.25, 0.3) is 5.91 Å². The van der Waals surface area contributed by atoms with Gasteiger partial charge in [0.15, 0.2) is 11.5 Å². The van der Waals surface area contributed by atoms with Crippen molar-refractivity contribution in [2.75, 3.05) is 13.7 Å². The van der Waals surface area contributed by atoms with E-state index in [0.29, 0.717) is 23.7 Å². The van der Waals surface area contributed by atoms with Crippen LogP contribution in [0.4, 0.5) is 0 Å². The highest BCUT2D eigenvalue weighted by Gasteiger charge is 2.13. The summed E-state index contributed by atoms with van der Waals surface area (Å²) < 4.78 is 11.0. The summed E-state index contributed by atoms with van der Waals surface area (Å²) in [5.74, 6) is 1.15. The number of rotatable bonds is 9. The van der Waals surface area contributed by atoms with Gasteiger partial charge in [-0.05, 0) is 49.9 Å². The van der Waals surface area contributed by atoms with Gasteiger partial charge in [-0.1, -0.05) is 37.3 Å². The summed E-state index contributed by atoms with van der Waals surface area (Å²) in [6, 6.07) is 15.7. The maximum absolute atomic E-state index is 12.5. The Kier molecular flexibility index (Phi) is 7.33. The molecule has 0 unspecified atom stereocenters. The van der Waals surface area contributed by atoms with E-state index < -0.39 is 0 Å². The van der Waals surface area contributed by atoms with Crippen molar-refractivity contribution in [3.05, 3.63) is 59.7 Å². The Hall–Kier alpha value is -2.49. The average molecular weight is 341 g/mol. The van der Waals surface area contributed by atoms with Crippen LogP contribution in [0.25, 0.3) is 0 Å². The second-order valence-corrected chi connectivity index (χ2v) is 6.11. The third-order valence-corrected chi connectivity index (χ3v) is 3.97. The van der Waals surface area contributed by atoms with Crippen LogP contribution >= 0.6 is 0 Å². The topological polar surface area (TPSA) is 47.6 Å². The lowest BCUT2D eigenvalue weighted by Gasteiger charge is -2.15. The van der Waals surface area contributed by atoms with E-state index in [1.54, 1.807) is 25.3 Å². The Bertz CT molecular complexity index is 670. The molecule has 0 fully saturated rings. The number of hydrogen-bond donors (Lipinski definition) is 1. The third kappa shape index (κ3) is 5.82. The van der Waals surface area contributed by atoms with Crippen LogP contribution in [0, 0.1) is 0 Å². The lowest BCUT2D eigenvalue weighted by atomic mass is 10.1. The molecule has 2 aromatic carbocycles. The van der Waals surface area contributed by atoms with Crippen molar-refractivity contribution in [1.82, 2.24) is 5.32 Å². The summed E-state index contributed by atoms with van der Waals surface area (Å²) in [5, 5.41) is 3.05. The van der Waals surface area contributed by atoms with E-state index in [4.69, 9.17) is 9.47 Å². The summed E-state index contributed by atoms with van der Waals surface area (Å²) in [5.41, 5.74) is 1.86. The van der Waals surface area contributed by atoms with Crippen molar-refractivity contribution in [2.45, 2.75) is 39.2 Å². The number of nitrogens with one attached hydrogen (secondary N) is 1. The molecule has 0 spiro atoms. The van der Waals surface area contributed by atoms with Crippen molar-refractivity contribution < 1.29 is 14.3 Å². The van der Waals surface area contributed by atoms with Crippen molar-refractivity contribution in [3.8, 4) is 11.5 Å². The highest BCUT2D eigenvalue weighted by atomic mass is 16.5. The molecule has 4 nitrogen and oxygen atoms in total. The van der Waals surface area contributed by atoms with E-state index >= 15 is 0 Å². The van der Waals surface area contributed by atoms with E-state index in [-0.39, 0.29) is 11.9 Å². The van der Waals surface area contributed by atoms with E-state index in [9.17, 15) is 4.79 Å². The summed E-state index contributed by atoms with van der Waals surface area (Å²) in [4.78, 5) is 12.5. The largest absolute Gasteiger partial charge is 0.493 e. The first-order valence-corrected chi connectivity index (χ1v) is 8.79. The van der Waals surface area contributed by atoms with Crippen molar-refractivity contribution in [3.63, 3.8) is 0 Å². The molecule has 0 aromatic heterocycles. The Balaban J connectivity index is 1.93. The number of amides is 1. The van der Waals surface area contributed by atoms with Crippen LogP contribution in [-0.2, 0) is 6.42 Å². The number of carbonyl (C=O) groups is 1. The van der Waals surface area contributed by atoms with Crippen LogP contribution in [0.2, 0.25) is 0 Å². The van der Waals surface area contributed by atoms with Gasteiger partial charge in [0.2, 0.25) is 0 Å². The molecule has 2 rings (SSSR count). The van der Waals surface area contributed by atoms with Gasteiger partial charge >= 0.3 is 0 Å². The minimum absolute atomic E-state index is 0.0923. The van der Waals surface area contributed by atoms with Gasteiger partial charge in [-0.2, -0.15) is 0 Å². The van der Waals surface area contributed by atoms with Crippen molar-refractivity contribution in [1.29, 1.82) is 0 Å². The third-order valence-electron chi connectivity index (χ3n) is 3.97. The van der Waals surface area contributed by atoms with Gasteiger partial charge in [0.05, 0.1) is 13.7 Å². The highest BCUT2D eigenvalue weighted by molar-refractivity contribution is 5.95. The van der Waals surface area contributed by atoms with Gasteiger partial charge in [-0.15, -0.1) is 0 Å². The molecule has 0 aliphatic heterocycles. The monoisotopic (exact) mass is 341 g/mol. The van der Waals surface area contributed by atoms with Crippen LogP contribution in [0.5, 0.6) is 11.5 Å². The molecule has 2 aromatic rings. The standard InChI is InChI=1S/C21H27NO3/c1-4-14-25-19-13-12-18(15-20(19)24-3)21(23)22-16(2)10-11-17-8-6-5-7-9-17/h5-9,12-13,15-16H,4,10-11,14H2,1-3H3,(H,22,23)/t16-/m0/s1. The molecule has 1 amide bonds. The number of aryl methyl sites for hydroxylation is 1. The molecule has 4 heteroatoms. The Morgan fingerprint density at radius 2 is 1.88 bits per heavy atom. The number of carbonyl (C=O) groups excluding carboxylic acids is 1. The SMILES string of the molecule is CCCOc1ccc(C(=O)N[C@@H](C)CCc2ccccc2)cc1OC. The highest BCUT2D eigenvalue weighted by Crippen LogP contribution is 2.28. The molecule has 0 bridgehead atoms. The molecule has 0 saturated heterocycles. The van der Waals surface area contributed by atoms with E-state index in [1.807, 2.05) is 32.0 Å². The van der Waals surface area contributed by atoms with E-state index in [0.717, 1.165) is 19.3 Å². The fourth-order valence-electron chi connectivity index (χ4n) is 2.55. The zero-order chi connectivity index (χ0) is 18.1. The van der Waals surface area contributed by atoms with Gasteiger partial charge in [0.1, 0.15) is 0 Å². The van der Waals surface area contributed by atoms with E-state index in [2.05, 4.69) is 17.4 Å². The normalized spacial score (nSPS) is 11.6. The fraction of sp³-hybridized carbons (Fsp3) is 0.381. The molecular formula is C21H27NO3. The number of hydrogen-bond acceptors (Lipinski definition) is 3. The Morgan fingerprint density at radius 1 is 1.12 bits per heavy atom. The van der Waals surface area contributed by atoms with Crippen molar-refractivity contribution >= 4 is 5.91 Å². The molecule has 0 saturated carbocycles. The molecule has 0 heterocycles. The molecule has 0 aliphatic carbocycles. The summed E-state index contributed by atoms with van der Waals surface area (Å²) in [6.45, 7) is 4.69. The quantitative estimate of drug-likeness (QED) is 0.742. The number of benzene rings is 2. The number of ether oxygens (including phenoxy) is 2. The lowest BCUT2D eigenvalue weighted by molar-refractivity contribution is 0.0938. The lowest BCUT2D eigenvalue weighted by Crippen LogP contribution is -2.32. The van der Waals surface area contributed by atoms with Crippen LogP contribution in [-0.4, -0.2) is 25.7 Å². The minimum Gasteiger partial charge on any atom is -0.493 e. The number of methoxy groups -OCH3 is 1. The minimum atomic E-state index is -0.0964. The molecular weight excluding hydrogens is 314 g/mol. The predicted octanol–water partition coefficient (Wildman–Crippen LogP) is 4.24. The Labute approximate surface area is 150 Å².